The molecule has 1 unspecified atom stereocenters. The summed E-state index contributed by atoms with van der Waals surface area (Å²) in [5.41, 5.74) is 6.61. The number of fused-ring (bicyclic) bond motifs is 6. The SMILES string of the molecule is C1=CCCC(n2c3ccccc3c3cc(C4C=c5c([nH]c6ccccc56)=CC4)ccc32)=C1. The Kier molecular flexibility index (Phi) is 3.83. The number of nitrogens with zero attached hydrogens (tertiary/aromatic N) is 1. The van der Waals surface area contributed by atoms with E-state index in [2.05, 4.69) is 107 Å². The topological polar surface area (TPSA) is 20.7 Å². The summed E-state index contributed by atoms with van der Waals surface area (Å²) in [4.78, 5) is 3.58. The average Bonchev–Trinajstić information content (AvgIpc) is 3.39. The minimum Gasteiger partial charge on any atom is -0.355 e. The Balaban J connectivity index is 1.43. The molecule has 7 rings (SSSR count). The fourth-order valence-corrected chi connectivity index (χ4v) is 5.58. The molecule has 154 valence electrons. The Morgan fingerprint density at radius 1 is 0.844 bits per heavy atom. The second kappa shape index (κ2) is 6.86. The van der Waals surface area contributed by atoms with Crippen molar-refractivity contribution in [3.8, 4) is 0 Å². The molecule has 0 radical (unpaired) electrons. The summed E-state index contributed by atoms with van der Waals surface area (Å²) in [5, 5.41) is 6.62. The van der Waals surface area contributed by atoms with Gasteiger partial charge in [0.25, 0.3) is 0 Å². The molecule has 2 heteroatoms. The third-order valence-electron chi connectivity index (χ3n) is 7.12. The molecule has 0 spiro atoms. The first kappa shape index (κ1) is 17.9. The maximum Gasteiger partial charge on any atom is 0.0538 e. The van der Waals surface area contributed by atoms with Gasteiger partial charge in [0.15, 0.2) is 0 Å². The van der Waals surface area contributed by atoms with Crippen LogP contribution in [0.3, 0.4) is 0 Å². The summed E-state index contributed by atoms with van der Waals surface area (Å²) < 4.78 is 2.46. The van der Waals surface area contributed by atoms with Gasteiger partial charge < -0.3 is 9.55 Å². The molecule has 5 aromatic rings. The van der Waals surface area contributed by atoms with E-state index in [1.807, 2.05) is 0 Å². The van der Waals surface area contributed by atoms with E-state index in [0.29, 0.717) is 5.92 Å². The van der Waals surface area contributed by atoms with Crippen LogP contribution in [0.1, 0.15) is 30.7 Å². The van der Waals surface area contributed by atoms with E-state index in [1.54, 1.807) is 0 Å². The van der Waals surface area contributed by atoms with Crippen LogP contribution >= 0.6 is 0 Å². The van der Waals surface area contributed by atoms with Crippen LogP contribution in [0.5, 0.6) is 0 Å². The Bertz CT molecular complexity index is 1700. The molecule has 3 aromatic carbocycles. The van der Waals surface area contributed by atoms with E-state index < -0.39 is 0 Å². The lowest BCUT2D eigenvalue weighted by atomic mass is 9.90. The van der Waals surface area contributed by atoms with Gasteiger partial charge in [0.05, 0.1) is 11.0 Å². The van der Waals surface area contributed by atoms with Gasteiger partial charge in [-0.3, -0.25) is 0 Å². The van der Waals surface area contributed by atoms with Crippen LogP contribution in [0.25, 0.3) is 50.6 Å². The highest BCUT2D eigenvalue weighted by Gasteiger charge is 2.18. The number of hydrogen-bond acceptors (Lipinski definition) is 0. The molecule has 2 aliphatic carbocycles. The van der Waals surface area contributed by atoms with E-state index in [9.17, 15) is 0 Å². The highest BCUT2D eigenvalue weighted by molar-refractivity contribution is 6.10. The maximum absolute atomic E-state index is 3.58. The summed E-state index contributed by atoms with van der Waals surface area (Å²) in [6, 6.07) is 24.6. The highest BCUT2D eigenvalue weighted by Crippen LogP contribution is 2.36. The second-order valence-electron chi connectivity index (χ2n) is 8.96. The van der Waals surface area contributed by atoms with Crippen LogP contribution < -0.4 is 10.6 Å². The lowest BCUT2D eigenvalue weighted by Crippen LogP contribution is -2.27. The molecule has 32 heavy (non-hydrogen) atoms. The van der Waals surface area contributed by atoms with E-state index in [0.717, 1.165) is 19.3 Å². The fraction of sp³-hybridized carbons (Fsp3) is 0.133. The van der Waals surface area contributed by atoms with E-state index in [4.69, 9.17) is 0 Å². The predicted molar refractivity (Wildman–Crippen MR) is 136 cm³/mol. The van der Waals surface area contributed by atoms with Crippen molar-refractivity contribution in [2.24, 2.45) is 0 Å². The van der Waals surface area contributed by atoms with Crippen molar-refractivity contribution in [3.63, 3.8) is 0 Å². The third kappa shape index (κ3) is 2.59. The van der Waals surface area contributed by atoms with Crippen molar-refractivity contribution in [1.82, 2.24) is 9.55 Å². The van der Waals surface area contributed by atoms with Gasteiger partial charge in [0.1, 0.15) is 0 Å². The van der Waals surface area contributed by atoms with Gasteiger partial charge in [-0.15, -0.1) is 0 Å². The molecule has 1 atom stereocenters. The normalized spacial score (nSPS) is 17.9. The van der Waals surface area contributed by atoms with Gasteiger partial charge in [-0.05, 0) is 55.2 Å². The van der Waals surface area contributed by atoms with Crippen LogP contribution in [0, 0.1) is 0 Å². The van der Waals surface area contributed by atoms with Gasteiger partial charge in [-0.1, -0.05) is 66.8 Å². The smallest absolute Gasteiger partial charge is 0.0538 e. The summed E-state index contributed by atoms with van der Waals surface area (Å²) >= 11 is 0. The largest absolute Gasteiger partial charge is 0.355 e. The summed E-state index contributed by atoms with van der Waals surface area (Å²) in [6.07, 6.45) is 14.8. The standard InChI is InChI=1S/C30H24N2/c1-2-8-22(9-3-1)32-29-13-7-5-11-24(29)26-19-21(15-17-30(26)32)20-14-16-28-25(18-20)23-10-4-6-12-27(23)31-28/h1-2,4-8,10-13,15-20,31H,3,9,14H2. The van der Waals surface area contributed by atoms with Gasteiger partial charge in [0.2, 0.25) is 0 Å². The number of aromatic amines is 1. The number of H-pyrrole nitrogens is 1. The first-order valence-electron chi connectivity index (χ1n) is 11.5. The first-order valence-corrected chi connectivity index (χ1v) is 11.5. The van der Waals surface area contributed by atoms with Gasteiger partial charge in [-0.25, -0.2) is 0 Å². The Morgan fingerprint density at radius 3 is 2.59 bits per heavy atom. The zero-order valence-corrected chi connectivity index (χ0v) is 17.9. The molecule has 0 saturated heterocycles. The summed E-state index contributed by atoms with van der Waals surface area (Å²) in [6.45, 7) is 0. The molecule has 2 aromatic heterocycles. The first-order chi connectivity index (χ1) is 15.9. The third-order valence-corrected chi connectivity index (χ3v) is 7.12. The minimum absolute atomic E-state index is 0.394. The summed E-state index contributed by atoms with van der Waals surface area (Å²) in [5.74, 6) is 0.394. The monoisotopic (exact) mass is 412 g/mol. The number of benzene rings is 3. The Morgan fingerprint density at radius 2 is 1.69 bits per heavy atom. The summed E-state index contributed by atoms with van der Waals surface area (Å²) in [7, 11) is 0. The van der Waals surface area contributed by atoms with E-state index in [1.165, 1.54) is 54.5 Å². The lowest BCUT2D eigenvalue weighted by Gasteiger charge is -2.16. The molecule has 0 saturated carbocycles. The predicted octanol–water partition coefficient (Wildman–Crippen LogP) is 6.22. The highest BCUT2D eigenvalue weighted by atomic mass is 15.0. The van der Waals surface area contributed by atoms with Crippen LogP contribution in [0.15, 0.2) is 85.0 Å². The van der Waals surface area contributed by atoms with Crippen LogP contribution in [0.2, 0.25) is 0 Å². The molecule has 0 fully saturated rings. The Hall–Kier alpha value is -3.78. The van der Waals surface area contributed by atoms with Crippen molar-refractivity contribution in [2.75, 3.05) is 0 Å². The van der Waals surface area contributed by atoms with Gasteiger partial charge in [-0.2, -0.15) is 0 Å². The van der Waals surface area contributed by atoms with E-state index >= 15 is 0 Å². The minimum atomic E-state index is 0.394. The zero-order chi connectivity index (χ0) is 21.1. The van der Waals surface area contributed by atoms with Crippen molar-refractivity contribution >= 4 is 50.6 Å². The fourth-order valence-electron chi connectivity index (χ4n) is 5.58. The molecule has 0 aliphatic heterocycles. The number of hydrogen-bond donors (Lipinski definition) is 1. The number of allylic oxidation sites excluding steroid dienone is 4. The zero-order valence-electron chi connectivity index (χ0n) is 17.9. The van der Waals surface area contributed by atoms with Gasteiger partial charge in [0, 0.05) is 43.9 Å². The van der Waals surface area contributed by atoms with Crippen LogP contribution in [-0.4, -0.2) is 9.55 Å². The lowest BCUT2D eigenvalue weighted by molar-refractivity contribution is 0.920. The molecular weight excluding hydrogens is 388 g/mol. The van der Waals surface area contributed by atoms with Crippen molar-refractivity contribution in [3.05, 3.63) is 101 Å². The van der Waals surface area contributed by atoms with Crippen LogP contribution in [-0.2, 0) is 0 Å². The number of aromatic nitrogens is 2. The number of nitrogens with one attached hydrogen (secondary N) is 1. The van der Waals surface area contributed by atoms with E-state index in [-0.39, 0.29) is 0 Å². The number of rotatable bonds is 2. The van der Waals surface area contributed by atoms with Crippen LogP contribution in [0.4, 0.5) is 0 Å². The Labute approximate surface area is 186 Å². The molecule has 1 N–H and O–H groups in total. The molecule has 2 heterocycles. The quantitative estimate of drug-likeness (QED) is 0.356. The molecule has 0 amide bonds. The van der Waals surface area contributed by atoms with Crippen molar-refractivity contribution in [1.29, 1.82) is 0 Å². The van der Waals surface area contributed by atoms with Crippen molar-refractivity contribution < 1.29 is 0 Å². The second-order valence-corrected chi connectivity index (χ2v) is 8.96. The molecule has 0 bridgehead atoms. The molecule has 2 aliphatic rings. The number of para-hydroxylation sites is 2. The average molecular weight is 413 g/mol. The van der Waals surface area contributed by atoms with Gasteiger partial charge >= 0.3 is 0 Å². The maximum atomic E-state index is 3.58. The molecule has 2 nitrogen and oxygen atoms in total. The molecular formula is C30H24N2. The van der Waals surface area contributed by atoms with Crippen molar-refractivity contribution in [2.45, 2.75) is 25.2 Å².